The smallest absolute Gasteiger partial charge is 0.407 e. The van der Waals surface area contributed by atoms with Gasteiger partial charge in [-0.25, -0.2) is 4.79 Å². The quantitative estimate of drug-likeness (QED) is 0.553. The minimum absolute atomic E-state index is 0.0487. The Kier molecular flexibility index (Phi) is 6.24. The van der Waals surface area contributed by atoms with E-state index < -0.39 is 30.3 Å². The lowest BCUT2D eigenvalue weighted by Gasteiger charge is -2.23. The Morgan fingerprint density at radius 2 is 1.65 bits per heavy atom. The van der Waals surface area contributed by atoms with Gasteiger partial charge in [0.1, 0.15) is 6.61 Å². The van der Waals surface area contributed by atoms with Crippen LogP contribution in [0.1, 0.15) is 42.7 Å². The third-order valence-corrected chi connectivity index (χ3v) is 6.91. The molecule has 8 nitrogen and oxygen atoms in total. The molecule has 0 spiro atoms. The van der Waals surface area contributed by atoms with Crippen LogP contribution in [0.15, 0.2) is 48.5 Å². The Morgan fingerprint density at radius 3 is 2.26 bits per heavy atom. The molecule has 5 rings (SSSR count). The Balaban J connectivity index is 1.19. The van der Waals surface area contributed by atoms with Crippen molar-refractivity contribution in [3.05, 3.63) is 59.7 Å². The second-order valence-corrected chi connectivity index (χ2v) is 9.21. The summed E-state index contributed by atoms with van der Waals surface area (Å²) in [6, 6.07) is 15.3. The SMILES string of the molecule is O=C(O)CC(NC(=O)C1OCCC1NC(=O)OCC1c2ccccc2-c2ccccc21)C1CC1. The van der Waals surface area contributed by atoms with Gasteiger partial charge in [0.2, 0.25) is 0 Å². The van der Waals surface area contributed by atoms with Crippen LogP contribution in [-0.4, -0.2) is 54.5 Å². The van der Waals surface area contributed by atoms with E-state index in [1.165, 1.54) is 0 Å². The number of carboxylic acids is 1. The van der Waals surface area contributed by atoms with Crippen molar-refractivity contribution in [1.29, 1.82) is 0 Å². The van der Waals surface area contributed by atoms with E-state index in [1.807, 2.05) is 24.3 Å². The molecule has 34 heavy (non-hydrogen) atoms. The fourth-order valence-electron chi connectivity index (χ4n) is 5.07. The number of fused-ring (bicyclic) bond motifs is 3. The van der Waals surface area contributed by atoms with Crippen molar-refractivity contribution < 1.29 is 29.0 Å². The number of hydrogen-bond acceptors (Lipinski definition) is 5. The van der Waals surface area contributed by atoms with Crippen LogP contribution in [0, 0.1) is 5.92 Å². The van der Waals surface area contributed by atoms with Gasteiger partial charge in [0.05, 0.1) is 12.5 Å². The second-order valence-electron chi connectivity index (χ2n) is 9.21. The van der Waals surface area contributed by atoms with Gasteiger partial charge in [-0.1, -0.05) is 48.5 Å². The number of carbonyl (C=O) groups excluding carboxylic acids is 2. The highest BCUT2D eigenvalue weighted by Gasteiger charge is 2.40. The van der Waals surface area contributed by atoms with Gasteiger partial charge in [-0.3, -0.25) is 9.59 Å². The van der Waals surface area contributed by atoms with Crippen LogP contribution in [-0.2, 0) is 19.1 Å². The largest absolute Gasteiger partial charge is 0.481 e. The van der Waals surface area contributed by atoms with Crippen LogP contribution in [0.5, 0.6) is 0 Å². The van der Waals surface area contributed by atoms with E-state index in [9.17, 15) is 14.4 Å². The molecule has 8 heteroatoms. The number of carboxylic acid groups (broad SMARTS) is 1. The molecule has 2 aliphatic carbocycles. The number of carbonyl (C=O) groups is 3. The average Bonchev–Trinajstić information content (AvgIpc) is 3.49. The minimum Gasteiger partial charge on any atom is -0.481 e. The number of aliphatic carboxylic acids is 1. The fraction of sp³-hybridized carbons (Fsp3) is 0.423. The van der Waals surface area contributed by atoms with Crippen LogP contribution in [0.2, 0.25) is 0 Å². The highest BCUT2D eigenvalue weighted by Crippen LogP contribution is 2.44. The van der Waals surface area contributed by atoms with Crippen LogP contribution in [0.3, 0.4) is 0 Å². The highest BCUT2D eigenvalue weighted by atomic mass is 16.6. The molecule has 0 aromatic heterocycles. The minimum atomic E-state index is -0.946. The maximum Gasteiger partial charge on any atom is 0.407 e. The number of alkyl carbamates (subject to hydrolysis) is 1. The molecule has 3 unspecified atom stereocenters. The molecular weight excluding hydrogens is 436 g/mol. The number of benzene rings is 2. The van der Waals surface area contributed by atoms with Crippen molar-refractivity contribution in [3.8, 4) is 11.1 Å². The standard InChI is InChI=1S/C26H28N2O6/c29-23(30)13-22(15-9-10-15)27-25(31)24-21(11-12-33-24)28-26(32)34-14-20-18-7-3-1-5-16(18)17-6-2-4-8-19(17)20/h1-8,15,20-22,24H,9-14H2,(H,27,31)(H,28,32)(H,29,30). The summed E-state index contributed by atoms with van der Waals surface area (Å²) >= 11 is 0. The molecule has 0 radical (unpaired) electrons. The van der Waals surface area contributed by atoms with Gasteiger partial charge in [0.25, 0.3) is 5.91 Å². The topological polar surface area (TPSA) is 114 Å². The van der Waals surface area contributed by atoms with E-state index in [0.29, 0.717) is 13.0 Å². The lowest BCUT2D eigenvalue weighted by Crippen LogP contribution is -2.51. The Labute approximate surface area is 197 Å². The summed E-state index contributed by atoms with van der Waals surface area (Å²) in [5.74, 6) is -1.19. The monoisotopic (exact) mass is 464 g/mol. The molecule has 2 aromatic rings. The number of hydrogen-bond donors (Lipinski definition) is 3. The summed E-state index contributed by atoms with van der Waals surface area (Å²) in [5.41, 5.74) is 4.56. The molecule has 0 bridgehead atoms. The molecule has 1 saturated heterocycles. The van der Waals surface area contributed by atoms with E-state index in [2.05, 4.69) is 34.9 Å². The molecular formula is C26H28N2O6. The number of nitrogens with one attached hydrogen (secondary N) is 2. The number of rotatable bonds is 8. The molecule has 3 N–H and O–H groups in total. The molecule has 2 aromatic carbocycles. The van der Waals surface area contributed by atoms with E-state index in [0.717, 1.165) is 35.1 Å². The highest BCUT2D eigenvalue weighted by molar-refractivity contribution is 5.84. The Hall–Kier alpha value is -3.39. The van der Waals surface area contributed by atoms with Crippen molar-refractivity contribution >= 4 is 18.0 Å². The zero-order chi connectivity index (χ0) is 23.7. The number of amides is 2. The summed E-state index contributed by atoms with van der Waals surface area (Å²) < 4.78 is 11.2. The molecule has 3 atom stereocenters. The van der Waals surface area contributed by atoms with Crippen molar-refractivity contribution in [2.24, 2.45) is 5.92 Å². The first kappa shape index (κ1) is 22.4. The predicted molar refractivity (Wildman–Crippen MR) is 123 cm³/mol. The zero-order valence-electron chi connectivity index (χ0n) is 18.7. The van der Waals surface area contributed by atoms with Crippen molar-refractivity contribution in [3.63, 3.8) is 0 Å². The number of ether oxygens (including phenoxy) is 2. The van der Waals surface area contributed by atoms with Gasteiger partial charge < -0.3 is 25.2 Å². The zero-order valence-corrected chi connectivity index (χ0v) is 18.7. The third-order valence-electron chi connectivity index (χ3n) is 6.91. The van der Waals surface area contributed by atoms with E-state index >= 15 is 0 Å². The maximum atomic E-state index is 12.8. The lowest BCUT2D eigenvalue weighted by molar-refractivity contribution is -0.138. The second kappa shape index (κ2) is 9.46. The molecule has 3 aliphatic rings. The van der Waals surface area contributed by atoms with Gasteiger partial charge in [-0.05, 0) is 47.4 Å². The van der Waals surface area contributed by atoms with Crippen LogP contribution < -0.4 is 10.6 Å². The third kappa shape index (κ3) is 4.63. The molecule has 2 fully saturated rings. The van der Waals surface area contributed by atoms with E-state index in [4.69, 9.17) is 14.6 Å². The first-order valence-electron chi connectivity index (χ1n) is 11.8. The first-order valence-corrected chi connectivity index (χ1v) is 11.8. The molecule has 2 amide bonds. The predicted octanol–water partition coefficient (Wildman–Crippen LogP) is 3.05. The Morgan fingerprint density at radius 1 is 1.00 bits per heavy atom. The van der Waals surface area contributed by atoms with Gasteiger partial charge in [-0.15, -0.1) is 0 Å². The molecule has 1 heterocycles. The molecule has 178 valence electrons. The average molecular weight is 465 g/mol. The first-order chi connectivity index (χ1) is 16.5. The van der Waals surface area contributed by atoms with Gasteiger partial charge in [0.15, 0.2) is 6.10 Å². The van der Waals surface area contributed by atoms with Crippen LogP contribution >= 0.6 is 0 Å². The maximum absolute atomic E-state index is 12.8. The summed E-state index contributed by atoms with van der Waals surface area (Å²) in [7, 11) is 0. The van der Waals surface area contributed by atoms with Gasteiger partial charge in [0, 0.05) is 18.6 Å². The van der Waals surface area contributed by atoms with E-state index in [-0.39, 0.29) is 30.8 Å². The molecule has 1 aliphatic heterocycles. The van der Waals surface area contributed by atoms with E-state index in [1.54, 1.807) is 0 Å². The van der Waals surface area contributed by atoms with Gasteiger partial charge in [-0.2, -0.15) is 0 Å². The molecule has 1 saturated carbocycles. The van der Waals surface area contributed by atoms with Crippen LogP contribution in [0.25, 0.3) is 11.1 Å². The van der Waals surface area contributed by atoms with Crippen molar-refractivity contribution in [2.75, 3.05) is 13.2 Å². The summed E-state index contributed by atoms with van der Waals surface area (Å²) in [5, 5.41) is 14.7. The van der Waals surface area contributed by atoms with Crippen LogP contribution in [0.4, 0.5) is 4.79 Å². The lowest BCUT2D eigenvalue weighted by atomic mass is 9.98. The van der Waals surface area contributed by atoms with Gasteiger partial charge >= 0.3 is 12.1 Å². The normalized spacial score (nSPS) is 21.9. The summed E-state index contributed by atoms with van der Waals surface area (Å²) in [6.45, 7) is 0.520. The summed E-state index contributed by atoms with van der Waals surface area (Å²) in [4.78, 5) is 36.6. The van der Waals surface area contributed by atoms with Crippen molar-refractivity contribution in [2.45, 2.75) is 49.8 Å². The summed E-state index contributed by atoms with van der Waals surface area (Å²) in [6.07, 6.45) is 0.717. The fourth-order valence-corrected chi connectivity index (χ4v) is 5.07. The Bertz CT molecular complexity index is 1050. The van der Waals surface area contributed by atoms with Crippen molar-refractivity contribution in [1.82, 2.24) is 10.6 Å².